The van der Waals surface area contributed by atoms with E-state index >= 15 is 0 Å². The molecule has 0 radical (unpaired) electrons. The van der Waals surface area contributed by atoms with Crippen molar-refractivity contribution in [2.24, 2.45) is 10.8 Å². The smallest absolute Gasteiger partial charge is 0.210 e. The lowest BCUT2D eigenvalue weighted by Crippen LogP contribution is -2.37. The van der Waals surface area contributed by atoms with Gasteiger partial charge in [-0.2, -0.15) is 0 Å². The minimum atomic E-state index is 0.0192. The van der Waals surface area contributed by atoms with Crippen LogP contribution >= 0.6 is 0 Å². The highest BCUT2D eigenvalue weighted by Gasteiger charge is 2.03. The van der Waals surface area contributed by atoms with Crippen molar-refractivity contribution < 1.29 is 9.47 Å². The minimum Gasteiger partial charge on any atom is -0.382 e. The second-order valence-corrected chi connectivity index (χ2v) is 4.18. The molecule has 0 amide bonds. The van der Waals surface area contributed by atoms with Crippen molar-refractivity contribution in [1.29, 1.82) is 0 Å². The monoisotopic (exact) mass is 266 g/mol. The Kier molecular flexibility index (Phi) is 6.88. The van der Waals surface area contributed by atoms with Gasteiger partial charge in [0.2, 0.25) is 5.96 Å². The average Bonchev–Trinajstić information content (AvgIpc) is 2.39. The lowest BCUT2D eigenvalue weighted by atomic mass is 10.2. The van der Waals surface area contributed by atoms with Crippen LogP contribution in [-0.4, -0.2) is 32.8 Å². The van der Waals surface area contributed by atoms with Crippen LogP contribution in [-0.2, 0) is 16.1 Å². The van der Waals surface area contributed by atoms with Crippen molar-refractivity contribution in [3.8, 4) is 0 Å². The van der Waals surface area contributed by atoms with Crippen LogP contribution in [0.2, 0.25) is 0 Å². The number of benzene rings is 1. The Morgan fingerprint density at radius 3 is 2.79 bits per heavy atom. The van der Waals surface area contributed by atoms with Crippen molar-refractivity contribution in [1.82, 2.24) is 5.43 Å². The number of hydrogen-bond acceptors (Lipinski definition) is 4. The maximum atomic E-state index is 5.45. The normalized spacial score (nSPS) is 13.2. The molecule has 0 aliphatic carbocycles. The van der Waals surface area contributed by atoms with E-state index in [4.69, 9.17) is 15.3 Å². The predicted octanol–water partition coefficient (Wildman–Crippen LogP) is 1.10. The number of methoxy groups -OCH3 is 2. The van der Waals surface area contributed by atoms with E-state index in [1.807, 2.05) is 31.2 Å². The van der Waals surface area contributed by atoms with Gasteiger partial charge in [-0.1, -0.05) is 12.1 Å². The molecule has 0 heterocycles. The molecule has 19 heavy (non-hydrogen) atoms. The molecule has 0 saturated carbocycles. The second-order valence-electron chi connectivity index (χ2n) is 4.18. The first-order chi connectivity index (χ1) is 9.19. The number of nitrogens with zero attached hydrogens (tertiary/aromatic N) is 1. The molecular weight excluding hydrogens is 244 g/mol. The number of hydrazine groups is 1. The predicted molar refractivity (Wildman–Crippen MR) is 76.9 cm³/mol. The number of hydrogen-bond donors (Lipinski definition) is 3. The maximum Gasteiger partial charge on any atom is 0.210 e. The Morgan fingerprint density at radius 1 is 1.37 bits per heavy atom. The van der Waals surface area contributed by atoms with E-state index < -0.39 is 0 Å². The summed E-state index contributed by atoms with van der Waals surface area (Å²) in [6.45, 7) is 3.05. The standard InChI is InChI=1S/C13H22N4O2/c1-10(8-18-2)15-13(17-14)16-12-6-4-5-11(7-12)9-19-3/h4-7,10H,8-9,14H2,1-3H3,(H2,15,16,17). The SMILES string of the molecule is COCc1cccc(NC(=NC(C)COC)NN)c1. The molecule has 0 aromatic heterocycles. The van der Waals surface area contributed by atoms with Gasteiger partial charge in [-0.15, -0.1) is 0 Å². The molecule has 6 nitrogen and oxygen atoms in total. The number of nitrogens with one attached hydrogen (secondary N) is 2. The van der Waals surface area contributed by atoms with E-state index in [2.05, 4.69) is 15.7 Å². The fourth-order valence-corrected chi connectivity index (χ4v) is 1.65. The molecule has 6 heteroatoms. The lowest BCUT2D eigenvalue weighted by molar-refractivity contribution is 0.185. The highest BCUT2D eigenvalue weighted by molar-refractivity contribution is 5.93. The largest absolute Gasteiger partial charge is 0.382 e. The van der Waals surface area contributed by atoms with E-state index in [-0.39, 0.29) is 6.04 Å². The highest BCUT2D eigenvalue weighted by atomic mass is 16.5. The summed E-state index contributed by atoms with van der Waals surface area (Å²) in [4.78, 5) is 4.37. The number of anilines is 1. The third-order valence-corrected chi connectivity index (χ3v) is 2.39. The van der Waals surface area contributed by atoms with Crippen molar-refractivity contribution in [3.63, 3.8) is 0 Å². The molecule has 1 atom stereocenters. The fourth-order valence-electron chi connectivity index (χ4n) is 1.65. The topological polar surface area (TPSA) is 80.9 Å². The molecule has 1 unspecified atom stereocenters. The molecule has 4 N–H and O–H groups in total. The summed E-state index contributed by atoms with van der Waals surface area (Å²) >= 11 is 0. The number of guanidine groups is 1. The highest BCUT2D eigenvalue weighted by Crippen LogP contribution is 2.11. The number of nitrogens with two attached hydrogens (primary N) is 1. The number of aliphatic imine (C=N–C) groups is 1. The molecule has 0 fully saturated rings. The first-order valence-corrected chi connectivity index (χ1v) is 6.07. The lowest BCUT2D eigenvalue weighted by Gasteiger charge is -2.13. The summed E-state index contributed by atoms with van der Waals surface area (Å²) in [7, 11) is 3.31. The molecule has 106 valence electrons. The van der Waals surface area contributed by atoms with E-state index in [1.165, 1.54) is 0 Å². The zero-order valence-corrected chi connectivity index (χ0v) is 11.6. The molecule has 1 aromatic carbocycles. The quantitative estimate of drug-likeness (QED) is 0.311. The summed E-state index contributed by atoms with van der Waals surface area (Å²) in [5.41, 5.74) is 4.52. The number of rotatable bonds is 6. The number of ether oxygens (including phenoxy) is 2. The van der Waals surface area contributed by atoms with Crippen LogP contribution in [0.15, 0.2) is 29.3 Å². The zero-order valence-electron chi connectivity index (χ0n) is 11.6. The summed E-state index contributed by atoms with van der Waals surface area (Å²) in [5.74, 6) is 5.95. The van der Waals surface area contributed by atoms with Crippen LogP contribution in [0.25, 0.3) is 0 Å². The molecule has 0 spiro atoms. The van der Waals surface area contributed by atoms with E-state index in [0.717, 1.165) is 11.3 Å². The van der Waals surface area contributed by atoms with Crippen molar-refractivity contribution in [2.45, 2.75) is 19.6 Å². The van der Waals surface area contributed by atoms with Crippen molar-refractivity contribution >= 4 is 11.6 Å². The van der Waals surface area contributed by atoms with Crippen LogP contribution in [0.5, 0.6) is 0 Å². The molecule has 0 saturated heterocycles. The van der Waals surface area contributed by atoms with Gasteiger partial charge in [-0.05, 0) is 24.6 Å². The minimum absolute atomic E-state index is 0.0192. The van der Waals surface area contributed by atoms with Crippen LogP contribution in [0.4, 0.5) is 5.69 Å². The summed E-state index contributed by atoms with van der Waals surface area (Å²) in [6, 6.07) is 7.88. The van der Waals surface area contributed by atoms with E-state index in [9.17, 15) is 0 Å². The molecule has 0 aliphatic heterocycles. The van der Waals surface area contributed by atoms with Gasteiger partial charge in [0.05, 0.1) is 19.3 Å². The van der Waals surface area contributed by atoms with Crippen LogP contribution in [0.1, 0.15) is 12.5 Å². The zero-order chi connectivity index (χ0) is 14.1. The molecular formula is C13H22N4O2. The molecule has 0 bridgehead atoms. The molecule has 1 rings (SSSR count). The summed E-state index contributed by atoms with van der Waals surface area (Å²) in [5, 5.41) is 3.12. The maximum absolute atomic E-state index is 5.45. The van der Waals surface area contributed by atoms with Gasteiger partial charge in [0, 0.05) is 19.9 Å². The fraction of sp³-hybridized carbons (Fsp3) is 0.462. The van der Waals surface area contributed by atoms with Crippen LogP contribution in [0, 0.1) is 0 Å². The molecule has 1 aromatic rings. The van der Waals surface area contributed by atoms with Crippen molar-refractivity contribution in [2.75, 3.05) is 26.1 Å². The first-order valence-electron chi connectivity index (χ1n) is 6.07. The summed E-state index contributed by atoms with van der Waals surface area (Å²) in [6.07, 6.45) is 0. The first kappa shape index (κ1) is 15.4. The van der Waals surface area contributed by atoms with Gasteiger partial charge in [-0.25, -0.2) is 10.8 Å². The Morgan fingerprint density at radius 2 is 2.16 bits per heavy atom. The van der Waals surface area contributed by atoms with Crippen LogP contribution < -0.4 is 16.6 Å². The third kappa shape index (κ3) is 5.69. The van der Waals surface area contributed by atoms with Crippen molar-refractivity contribution in [3.05, 3.63) is 29.8 Å². The van der Waals surface area contributed by atoms with E-state index in [1.54, 1.807) is 14.2 Å². The Balaban J connectivity index is 2.72. The van der Waals surface area contributed by atoms with Gasteiger partial charge < -0.3 is 14.8 Å². The Labute approximate surface area is 114 Å². The average molecular weight is 266 g/mol. The summed E-state index contributed by atoms with van der Waals surface area (Å²) < 4.78 is 10.1. The van der Waals surface area contributed by atoms with Gasteiger partial charge in [0.1, 0.15) is 0 Å². The second kappa shape index (κ2) is 8.47. The van der Waals surface area contributed by atoms with Gasteiger partial charge in [0.15, 0.2) is 0 Å². The Hall–Kier alpha value is -1.63. The van der Waals surface area contributed by atoms with Crippen LogP contribution in [0.3, 0.4) is 0 Å². The van der Waals surface area contributed by atoms with Gasteiger partial charge in [0.25, 0.3) is 0 Å². The van der Waals surface area contributed by atoms with E-state index in [0.29, 0.717) is 19.2 Å². The van der Waals surface area contributed by atoms with Gasteiger partial charge >= 0.3 is 0 Å². The Bertz CT molecular complexity index is 409. The third-order valence-electron chi connectivity index (χ3n) is 2.39. The van der Waals surface area contributed by atoms with Gasteiger partial charge in [-0.3, -0.25) is 5.43 Å². The molecule has 0 aliphatic rings.